The summed E-state index contributed by atoms with van der Waals surface area (Å²) in [5, 5.41) is 17.0. The van der Waals surface area contributed by atoms with Crippen molar-refractivity contribution in [1.82, 2.24) is 34.5 Å². The van der Waals surface area contributed by atoms with E-state index < -0.39 is 0 Å². The van der Waals surface area contributed by atoms with E-state index in [0.717, 1.165) is 28.7 Å². The lowest BCUT2D eigenvalue weighted by molar-refractivity contribution is 0.0750. The summed E-state index contributed by atoms with van der Waals surface area (Å²) in [5.41, 5.74) is 2.66. The van der Waals surface area contributed by atoms with Gasteiger partial charge in [0.15, 0.2) is 11.6 Å². The second kappa shape index (κ2) is 7.03. The fourth-order valence-corrected chi connectivity index (χ4v) is 3.80. The predicted molar refractivity (Wildman–Crippen MR) is 101 cm³/mol. The van der Waals surface area contributed by atoms with E-state index in [4.69, 9.17) is 0 Å². The van der Waals surface area contributed by atoms with Gasteiger partial charge in [0.2, 0.25) is 0 Å². The molecule has 1 saturated heterocycles. The highest BCUT2D eigenvalue weighted by atomic mass is 32.1. The maximum absolute atomic E-state index is 12.6. The first-order valence-electron chi connectivity index (χ1n) is 8.73. The number of amides is 1. The predicted octanol–water partition coefficient (Wildman–Crippen LogP) is 1.40. The topological polar surface area (TPSA) is 92.9 Å². The first kappa shape index (κ1) is 17.5. The molecule has 1 fully saturated rings. The zero-order valence-corrected chi connectivity index (χ0v) is 16.3. The van der Waals surface area contributed by atoms with Crippen LogP contribution in [0, 0.1) is 20.8 Å². The van der Waals surface area contributed by atoms with Gasteiger partial charge in [0, 0.05) is 31.9 Å². The molecule has 4 rings (SSSR count). The fourth-order valence-electron chi connectivity index (χ4n) is 3.17. The molecule has 0 aliphatic carbocycles. The molecule has 0 atom stereocenters. The lowest BCUT2D eigenvalue weighted by Gasteiger charge is -2.34. The summed E-state index contributed by atoms with van der Waals surface area (Å²) in [6.07, 6.45) is 0. The minimum atomic E-state index is 0.00751. The number of rotatable bonds is 3. The van der Waals surface area contributed by atoms with Crippen molar-refractivity contribution >= 4 is 23.3 Å². The van der Waals surface area contributed by atoms with Crippen LogP contribution in [-0.2, 0) is 0 Å². The fraction of sp³-hybridized carbons (Fsp3) is 0.412. The lowest BCUT2D eigenvalue weighted by atomic mass is 10.2. The van der Waals surface area contributed by atoms with Crippen LogP contribution >= 0.6 is 11.5 Å². The Balaban J connectivity index is 1.42. The molecule has 3 aromatic rings. The van der Waals surface area contributed by atoms with E-state index in [1.807, 2.05) is 43.9 Å². The quantitative estimate of drug-likeness (QED) is 0.674. The second-order valence-electron chi connectivity index (χ2n) is 6.56. The zero-order chi connectivity index (χ0) is 19.0. The highest BCUT2D eigenvalue weighted by Crippen LogP contribution is 2.18. The van der Waals surface area contributed by atoms with E-state index in [1.54, 1.807) is 4.68 Å². The van der Waals surface area contributed by atoms with Gasteiger partial charge in [-0.05, 0) is 50.5 Å². The first-order chi connectivity index (χ1) is 13.0. The van der Waals surface area contributed by atoms with Gasteiger partial charge in [-0.15, -0.1) is 15.3 Å². The third kappa shape index (κ3) is 3.39. The van der Waals surface area contributed by atoms with Crippen LogP contribution < -0.4 is 4.90 Å². The van der Waals surface area contributed by atoms with E-state index in [0.29, 0.717) is 42.6 Å². The van der Waals surface area contributed by atoms with Crippen LogP contribution in [-0.4, -0.2) is 66.6 Å². The Kier molecular flexibility index (Phi) is 4.56. The Labute approximate surface area is 160 Å². The number of anilines is 1. The molecule has 1 aliphatic rings. The maximum Gasteiger partial charge on any atom is 0.267 e. The second-order valence-corrected chi connectivity index (χ2v) is 7.31. The van der Waals surface area contributed by atoms with Crippen molar-refractivity contribution in [2.24, 2.45) is 0 Å². The standard InChI is InChI=1S/C17H20N8OS/c1-11-10-12(2)25(21-11)15-5-4-14(19-20-15)23-6-8-24(9-7-23)17(26)16-13(3)18-22-27-16/h4-5,10H,6-9H2,1-3H3. The van der Waals surface area contributed by atoms with E-state index >= 15 is 0 Å². The lowest BCUT2D eigenvalue weighted by Crippen LogP contribution is -2.49. The van der Waals surface area contributed by atoms with Crippen molar-refractivity contribution in [2.45, 2.75) is 20.8 Å². The number of hydrogen-bond donors (Lipinski definition) is 0. The van der Waals surface area contributed by atoms with E-state index in [2.05, 4.69) is 29.8 Å². The SMILES string of the molecule is Cc1cc(C)n(-c2ccc(N3CCN(C(=O)c4snnc4C)CC3)nn2)n1. The van der Waals surface area contributed by atoms with Crippen molar-refractivity contribution in [2.75, 3.05) is 31.1 Å². The smallest absolute Gasteiger partial charge is 0.267 e. The van der Waals surface area contributed by atoms with Crippen molar-refractivity contribution in [3.8, 4) is 5.82 Å². The Bertz CT molecular complexity index is 956. The van der Waals surface area contributed by atoms with Gasteiger partial charge in [-0.2, -0.15) is 5.10 Å². The minimum absolute atomic E-state index is 0.00751. The van der Waals surface area contributed by atoms with Crippen LogP contribution in [0.2, 0.25) is 0 Å². The summed E-state index contributed by atoms with van der Waals surface area (Å²) in [4.78, 5) is 17.2. The first-order valence-corrected chi connectivity index (χ1v) is 9.51. The van der Waals surface area contributed by atoms with Gasteiger partial charge in [-0.1, -0.05) is 4.49 Å². The number of nitrogens with zero attached hydrogens (tertiary/aromatic N) is 8. The molecule has 140 valence electrons. The molecule has 0 aromatic carbocycles. The van der Waals surface area contributed by atoms with Gasteiger partial charge in [0.05, 0.1) is 11.4 Å². The van der Waals surface area contributed by atoms with Gasteiger partial charge < -0.3 is 9.80 Å². The average Bonchev–Trinajstić information content (AvgIpc) is 3.26. The maximum atomic E-state index is 12.6. The molecule has 27 heavy (non-hydrogen) atoms. The highest BCUT2D eigenvalue weighted by molar-refractivity contribution is 7.07. The normalized spacial score (nSPS) is 14.6. The van der Waals surface area contributed by atoms with Gasteiger partial charge in [0.1, 0.15) is 4.88 Å². The molecule has 0 radical (unpaired) electrons. The van der Waals surface area contributed by atoms with E-state index in [-0.39, 0.29) is 5.91 Å². The average molecular weight is 384 g/mol. The monoisotopic (exact) mass is 384 g/mol. The minimum Gasteiger partial charge on any atom is -0.352 e. The highest BCUT2D eigenvalue weighted by Gasteiger charge is 2.25. The Morgan fingerprint density at radius 1 is 1.00 bits per heavy atom. The van der Waals surface area contributed by atoms with Crippen LogP contribution in [0.1, 0.15) is 26.8 Å². The third-order valence-electron chi connectivity index (χ3n) is 4.60. The Morgan fingerprint density at radius 2 is 1.70 bits per heavy atom. The number of carbonyl (C=O) groups excluding carboxylic acids is 1. The summed E-state index contributed by atoms with van der Waals surface area (Å²) in [6, 6.07) is 5.88. The molecular weight excluding hydrogens is 364 g/mol. The zero-order valence-electron chi connectivity index (χ0n) is 15.5. The summed E-state index contributed by atoms with van der Waals surface area (Å²) in [7, 11) is 0. The number of hydrogen-bond acceptors (Lipinski definition) is 8. The van der Waals surface area contributed by atoms with Crippen LogP contribution in [0.4, 0.5) is 5.82 Å². The van der Waals surface area contributed by atoms with Gasteiger partial charge in [-0.25, -0.2) is 4.68 Å². The van der Waals surface area contributed by atoms with Crippen LogP contribution in [0.15, 0.2) is 18.2 Å². The molecule has 0 unspecified atom stereocenters. The van der Waals surface area contributed by atoms with Gasteiger partial charge in [-0.3, -0.25) is 4.79 Å². The summed E-state index contributed by atoms with van der Waals surface area (Å²) in [6.45, 7) is 8.46. The third-order valence-corrected chi connectivity index (χ3v) is 5.42. The van der Waals surface area contributed by atoms with E-state index in [1.165, 1.54) is 0 Å². The van der Waals surface area contributed by atoms with Gasteiger partial charge >= 0.3 is 0 Å². The number of carbonyl (C=O) groups is 1. The Hall–Kier alpha value is -2.88. The molecular formula is C17H20N8OS. The summed E-state index contributed by atoms with van der Waals surface area (Å²) < 4.78 is 5.64. The molecule has 0 bridgehead atoms. The van der Waals surface area contributed by atoms with Crippen molar-refractivity contribution < 1.29 is 4.79 Å². The van der Waals surface area contributed by atoms with Crippen molar-refractivity contribution in [1.29, 1.82) is 0 Å². The molecule has 10 heteroatoms. The molecule has 1 amide bonds. The number of aromatic nitrogens is 6. The van der Waals surface area contributed by atoms with Crippen LogP contribution in [0.25, 0.3) is 5.82 Å². The van der Waals surface area contributed by atoms with E-state index in [9.17, 15) is 4.79 Å². The van der Waals surface area contributed by atoms with Crippen molar-refractivity contribution in [3.05, 3.63) is 40.2 Å². The number of aryl methyl sites for hydroxylation is 3. The molecule has 0 spiro atoms. The van der Waals surface area contributed by atoms with Crippen LogP contribution in [0.5, 0.6) is 0 Å². The molecule has 0 saturated carbocycles. The van der Waals surface area contributed by atoms with Crippen molar-refractivity contribution in [3.63, 3.8) is 0 Å². The molecule has 9 nitrogen and oxygen atoms in total. The molecule has 4 heterocycles. The van der Waals surface area contributed by atoms with Gasteiger partial charge in [0.25, 0.3) is 5.91 Å². The van der Waals surface area contributed by atoms with Crippen LogP contribution in [0.3, 0.4) is 0 Å². The largest absolute Gasteiger partial charge is 0.352 e. The molecule has 3 aromatic heterocycles. The summed E-state index contributed by atoms with van der Waals surface area (Å²) >= 11 is 1.15. The molecule has 1 aliphatic heterocycles. The number of piperazine rings is 1. The molecule has 0 N–H and O–H groups in total. The summed E-state index contributed by atoms with van der Waals surface area (Å²) in [5.74, 6) is 1.52. The Morgan fingerprint density at radius 3 is 2.26 bits per heavy atom.